The molecule has 20 heavy (non-hydrogen) atoms. The minimum atomic E-state index is -0.0507. The van der Waals surface area contributed by atoms with Crippen molar-refractivity contribution in [3.05, 3.63) is 30.3 Å². The molecule has 5 nitrogen and oxygen atoms in total. The third-order valence-corrected chi connectivity index (χ3v) is 3.42. The van der Waals surface area contributed by atoms with Gasteiger partial charge in [-0.05, 0) is 19.1 Å². The standard InChI is InChI=1S/C15H22N2O3/c1-12-11-20-14(9-16)10-17(12)15(18)7-8-19-13-5-3-2-4-6-13/h2-6,12,14H,7-11,16H2,1H3. The molecule has 0 radical (unpaired) electrons. The molecule has 1 saturated heterocycles. The number of carbonyl (C=O) groups is 1. The van der Waals surface area contributed by atoms with E-state index in [-0.39, 0.29) is 18.1 Å². The lowest BCUT2D eigenvalue weighted by Gasteiger charge is -2.37. The first-order chi connectivity index (χ1) is 9.70. The number of nitrogens with zero attached hydrogens (tertiary/aromatic N) is 1. The van der Waals surface area contributed by atoms with Crippen molar-refractivity contribution in [1.29, 1.82) is 0 Å². The Morgan fingerprint density at radius 3 is 2.90 bits per heavy atom. The van der Waals surface area contributed by atoms with Crippen LogP contribution in [-0.4, -0.2) is 49.3 Å². The van der Waals surface area contributed by atoms with E-state index in [1.807, 2.05) is 42.2 Å². The van der Waals surface area contributed by atoms with Crippen LogP contribution in [0, 0.1) is 0 Å². The molecule has 2 atom stereocenters. The zero-order valence-corrected chi connectivity index (χ0v) is 11.8. The van der Waals surface area contributed by atoms with Gasteiger partial charge >= 0.3 is 0 Å². The third kappa shape index (κ3) is 3.95. The summed E-state index contributed by atoms with van der Waals surface area (Å²) in [5, 5.41) is 0. The Morgan fingerprint density at radius 2 is 2.20 bits per heavy atom. The number of hydrogen-bond acceptors (Lipinski definition) is 4. The van der Waals surface area contributed by atoms with Crippen molar-refractivity contribution in [2.75, 3.05) is 26.3 Å². The molecule has 5 heteroatoms. The third-order valence-electron chi connectivity index (χ3n) is 3.42. The van der Waals surface area contributed by atoms with E-state index < -0.39 is 0 Å². The molecule has 2 unspecified atom stereocenters. The van der Waals surface area contributed by atoms with Crippen LogP contribution in [0.3, 0.4) is 0 Å². The molecule has 1 amide bonds. The highest BCUT2D eigenvalue weighted by molar-refractivity contribution is 5.76. The summed E-state index contributed by atoms with van der Waals surface area (Å²) in [5.74, 6) is 0.880. The van der Waals surface area contributed by atoms with Gasteiger partial charge < -0.3 is 20.1 Å². The lowest BCUT2D eigenvalue weighted by molar-refractivity contribution is -0.144. The molecule has 0 aliphatic carbocycles. The maximum atomic E-state index is 12.2. The van der Waals surface area contributed by atoms with Crippen molar-refractivity contribution in [1.82, 2.24) is 4.90 Å². The Kier molecular flexibility index (Phi) is 5.38. The van der Waals surface area contributed by atoms with Crippen LogP contribution in [0.5, 0.6) is 5.75 Å². The SMILES string of the molecule is CC1COC(CN)CN1C(=O)CCOc1ccccc1. The summed E-state index contributed by atoms with van der Waals surface area (Å²) in [4.78, 5) is 14.1. The van der Waals surface area contributed by atoms with Crippen LogP contribution in [0.1, 0.15) is 13.3 Å². The van der Waals surface area contributed by atoms with E-state index in [0.717, 1.165) is 5.75 Å². The number of hydrogen-bond donors (Lipinski definition) is 1. The fourth-order valence-electron chi connectivity index (χ4n) is 2.22. The Hall–Kier alpha value is -1.59. The first kappa shape index (κ1) is 14.8. The molecule has 1 aliphatic heterocycles. The maximum absolute atomic E-state index is 12.2. The average molecular weight is 278 g/mol. The van der Waals surface area contributed by atoms with E-state index >= 15 is 0 Å². The Balaban J connectivity index is 1.79. The van der Waals surface area contributed by atoms with Gasteiger partial charge in [0.1, 0.15) is 5.75 Å². The van der Waals surface area contributed by atoms with Gasteiger partial charge in [0.05, 0.1) is 31.8 Å². The highest BCUT2D eigenvalue weighted by Gasteiger charge is 2.28. The van der Waals surface area contributed by atoms with Gasteiger partial charge in [0.15, 0.2) is 0 Å². The quantitative estimate of drug-likeness (QED) is 0.873. The molecule has 110 valence electrons. The molecule has 0 saturated carbocycles. The topological polar surface area (TPSA) is 64.8 Å². The van der Waals surface area contributed by atoms with E-state index in [1.54, 1.807) is 0 Å². The predicted octanol–water partition coefficient (Wildman–Crippen LogP) is 1.03. The van der Waals surface area contributed by atoms with Crippen molar-refractivity contribution in [3.8, 4) is 5.75 Å². The Bertz CT molecular complexity index is 424. The van der Waals surface area contributed by atoms with Gasteiger partial charge in [-0.2, -0.15) is 0 Å². The van der Waals surface area contributed by atoms with Gasteiger partial charge in [-0.1, -0.05) is 18.2 Å². The molecule has 2 N–H and O–H groups in total. The summed E-state index contributed by atoms with van der Waals surface area (Å²) in [5.41, 5.74) is 5.60. The van der Waals surface area contributed by atoms with Gasteiger partial charge in [0.25, 0.3) is 0 Å². The molecule has 1 heterocycles. The van der Waals surface area contributed by atoms with Crippen molar-refractivity contribution < 1.29 is 14.3 Å². The van der Waals surface area contributed by atoms with Crippen molar-refractivity contribution in [2.45, 2.75) is 25.5 Å². The summed E-state index contributed by atoms with van der Waals surface area (Å²) in [6, 6.07) is 9.61. The molecular weight excluding hydrogens is 256 g/mol. The number of nitrogens with two attached hydrogens (primary N) is 1. The number of ether oxygens (including phenoxy) is 2. The summed E-state index contributed by atoms with van der Waals surface area (Å²) in [6.07, 6.45) is 0.321. The molecule has 0 bridgehead atoms. The highest BCUT2D eigenvalue weighted by atomic mass is 16.5. The zero-order chi connectivity index (χ0) is 14.4. The van der Waals surface area contributed by atoms with Gasteiger partial charge in [0, 0.05) is 13.1 Å². The van der Waals surface area contributed by atoms with E-state index in [4.69, 9.17) is 15.2 Å². The molecule has 1 aromatic rings. The summed E-state index contributed by atoms with van der Waals surface area (Å²) in [6.45, 7) is 3.94. The average Bonchev–Trinajstić information content (AvgIpc) is 2.48. The smallest absolute Gasteiger partial charge is 0.226 e. The second kappa shape index (κ2) is 7.26. The number of morpholine rings is 1. The number of amides is 1. The van der Waals surface area contributed by atoms with Crippen LogP contribution in [0.4, 0.5) is 0 Å². The zero-order valence-electron chi connectivity index (χ0n) is 11.8. The van der Waals surface area contributed by atoms with Crippen molar-refractivity contribution in [2.24, 2.45) is 5.73 Å². The van der Waals surface area contributed by atoms with Crippen LogP contribution in [0.25, 0.3) is 0 Å². The highest BCUT2D eigenvalue weighted by Crippen LogP contribution is 2.13. The first-order valence-electron chi connectivity index (χ1n) is 6.99. The lowest BCUT2D eigenvalue weighted by Crippen LogP contribution is -2.53. The summed E-state index contributed by atoms with van der Waals surface area (Å²) >= 11 is 0. The molecule has 1 fully saturated rings. The number of benzene rings is 1. The van der Waals surface area contributed by atoms with Crippen LogP contribution >= 0.6 is 0 Å². The molecule has 0 spiro atoms. The van der Waals surface area contributed by atoms with Gasteiger partial charge in [-0.25, -0.2) is 0 Å². The fraction of sp³-hybridized carbons (Fsp3) is 0.533. The van der Waals surface area contributed by atoms with E-state index in [9.17, 15) is 4.79 Å². The monoisotopic (exact) mass is 278 g/mol. The Labute approximate surface area is 119 Å². The van der Waals surface area contributed by atoms with Crippen LogP contribution in [0.15, 0.2) is 30.3 Å². The predicted molar refractivity (Wildman–Crippen MR) is 76.5 cm³/mol. The largest absolute Gasteiger partial charge is 0.493 e. The van der Waals surface area contributed by atoms with Crippen LogP contribution in [0.2, 0.25) is 0 Å². The van der Waals surface area contributed by atoms with E-state index in [1.165, 1.54) is 0 Å². The van der Waals surface area contributed by atoms with Crippen LogP contribution in [-0.2, 0) is 9.53 Å². The minimum Gasteiger partial charge on any atom is -0.493 e. The fourth-order valence-corrected chi connectivity index (χ4v) is 2.22. The second-order valence-corrected chi connectivity index (χ2v) is 5.00. The normalized spacial score (nSPS) is 22.6. The first-order valence-corrected chi connectivity index (χ1v) is 6.99. The van der Waals surface area contributed by atoms with E-state index in [2.05, 4.69) is 0 Å². The van der Waals surface area contributed by atoms with E-state index in [0.29, 0.717) is 32.7 Å². The summed E-state index contributed by atoms with van der Waals surface area (Å²) in [7, 11) is 0. The van der Waals surface area contributed by atoms with Gasteiger partial charge in [-0.15, -0.1) is 0 Å². The molecule has 1 aromatic carbocycles. The lowest BCUT2D eigenvalue weighted by atomic mass is 10.2. The van der Waals surface area contributed by atoms with Crippen LogP contribution < -0.4 is 10.5 Å². The summed E-state index contributed by atoms with van der Waals surface area (Å²) < 4.78 is 11.1. The van der Waals surface area contributed by atoms with Crippen molar-refractivity contribution in [3.63, 3.8) is 0 Å². The molecular formula is C15H22N2O3. The van der Waals surface area contributed by atoms with Gasteiger partial charge in [-0.3, -0.25) is 4.79 Å². The van der Waals surface area contributed by atoms with Gasteiger partial charge in [0.2, 0.25) is 5.91 Å². The number of rotatable bonds is 5. The van der Waals surface area contributed by atoms with Crippen molar-refractivity contribution >= 4 is 5.91 Å². The maximum Gasteiger partial charge on any atom is 0.226 e. The molecule has 1 aliphatic rings. The molecule has 0 aromatic heterocycles. The minimum absolute atomic E-state index is 0.0507. The molecule has 2 rings (SSSR count). The number of para-hydroxylation sites is 1. The second-order valence-electron chi connectivity index (χ2n) is 5.00. The Morgan fingerprint density at radius 1 is 1.45 bits per heavy atom. The number of carbonyl (C=O) groups excluding carboxylic acids is 1.